The zero-order valence-corrected chi connectivity index (χ0v) is 13.3. The molecule has 2 aromatic carbocycles. The van der Waals surface area contributed by atoms with Gasteiger partial charge in [0.05, 0.1) is 17.8 Å². The molecule has 5 heteroatoms. The molecule has 0 fully saturated rings. The molecule has 3 aromatic rings. The van der Waals surface area contributed by atoms with Crippen LogP contribution in [0.15, 0.2) is 48.9 Å². The van der Waals surface area contributed by atoms with Gasteiger partial charge in [0.25, 0.3) is 0 Å². The minimum absolute atomic E-state index is 0.451. The Hall–Kier alpha value is -3.10. The third kappa shape index (κ3) is 3.62. The average Bonchev–Trinajstić information content (AvgIpc) is 2.62. The fourth-order valence-electron chi connectivity index (χ4n) is 2.30. The van der Waals surface area contributed by atoms with Crippen LogP contribution in [0.3, 0.4) is 0 Å². The highest BCUT2D eigenvalue weighted by Gasteiger charge is 2.08. The van der Waals surface area contributed by atoms with E-state index in [1.54, 1.807) is 13.3 Å². The molecule has 0 bridgehead atoms. The van der Waals surface area contributed by atoms with Crippen molar-refractivity contribution in [3.63, 3.8) is 0 Å². The summed E-state index contributed by atoms with van der Waals surface area (Å²) in [5.41, 5.74) is 3.34. The SMILES string of the molecule is C#Cc1cccc(Nc2cc3cncnc3cc2OCCOC)c1. The molecule has 0 spiro atoms. The molecule has 0 radical (unpaired) electrons. The van der Waals surface area contributed by atoms with E-state index in [1.807, 2.05) is 36.4 Å². The predicted octanol–water partition coefficient (Wildman–Crippen LogP) is 3.38. The normalized spacial score (nSPS) is 10.3. The molecule has 1 heterocycles. The molecule has 5 nitrogen and oxygen atoms in total. The number of aromatic nitrogens is 2. The van der Waals surface area contributed by atoms with Crippen LogP contribution in [0.5, 0.6) is 5.75 Å². The first kappa shape index (κ1) is 15.8. The first-order valence-corrected chi connectivity index (χ1v) is 7.49. The summed E-state index contributed by atoms with van der Waals surface area (Å²) in [7, 11) is 1.64. The maximum absolute atomic E-state index is 5.83. The van der Waals surface area contributed by atoms with E-state index in [4.69, 9.17) is 15.9 Å². The molecule has 0 aliphatic rings. The van der Waals surface area contributed by atoms with E-state index in [9.17, 15) is 0 Å². The fourth-order valence-corrected chi connectivity index (χ4v) is 2.30. The zero-order valence-electron chi connectivity index (χ0n) is 13.3. The molecule has 0 atom stereocenters. The molecule has 1 N–H and O–H groups in total. The van der Waals surface area contributed by atoms with Crippen LogP contribution in [0.2, 0.25) is 0 Å². The van der Waals surface area contributed by atoms with Gasteiger partial charge >= 0.3 is 0 Å². The third-order valence-corrected chi connectivity index (χ3v) is 3.46. The lowest BCUT2D eigenvalue weighted by atomic mass is 10.1. The number of rotatable bonds is 6. The van der Waals surface area contributed by atoms with Crippen LogP contribution in [0.4, 0.5) is 11.4 Å². The van der Waals surface area contributed by atoms with Crippen LogP contribution in [0.25, 0.3) is 10.9 Å². The molecule has 0 amide bonds. The second-order valence-electron chi connectivity index (χ2n) is 5.12. The number of fused-ring (bicyclic) bond motifs is 1. The third-order valence-electron chi connectivity index (χ3n) is 3.46. The number of terminal acetylenes is 1. The van der Waals surface area contributed by atoms with Gasteiger partial charge in [0.15, 0.2) is 0 Å². The van der Waals surface area contributed by atoms with E-state index in [-0.39, 0.29) is 0 Å². The van der Waals surface area contributed by atoms with E-state index in [0.717, 1.165) is 27.8 Å². The first-order valence-electron chi connectivity index (χ1n) is 7.49. The number of nitrogens with one attached hydrogen (secondary N) is 1. The number of hydrogen-bond donors (Lipinski definition) is 1. The molecule has 24 heavy (non-hydrogen) atoms. The monoisotopic (exact) mass is 319 g/mol. The van der Waals surface area contributed by atoms with Crippen molar-refractivity contribution >= 4 is 22.3 Å². The number of ether oxygens (including phenoxy) is 2. The summed E-state index contributed by atoms with van der Waals surface area (Å²) in [5, 5.41) is 4.27. The maximum Gasteiger partial charge on any atom is 0.145 e. The lowest BCUT2D eigenvalue weighted by Gasteiger charge is -2.14. The van der Waals surface area contributed by atoms with Crippen LogP contribution in [-0.2, 0) is 4.74 Å². The molecule has 0 unspecified atom stereocenters. The minimum Gasteiger partial charge on any atom is -0.489 e. The van der Waals surface area contributed by atoms with Gasteiger partial charge in [-0.1, -0.05) is 12.0 Å². The average molecular weight is 319 g/mol. The highest BCUT2D eigenvalue weighted by molar-refractivity contribution is 5.86. The van der Waals surface area contributed by atoms with Crippen molar-refractivity contribution in [2.24, 2.45) is 0 Å². The Kier molecular flexibility index (Phi) is 4.90. The lowest BCUT2D eigenvalue weighted by Crippen LogP contribution is -2.06. The second-order valence-corrected chi connectivity index (χ2v) is 5.12. The molecule has 0 aliphatic heterocycles. The molecule has 0 saturated heterocycles. The van der Waals surface area contributed by atoms with Gasteiger partial charge in [-0.15, -0.1) is 6.42 Å². The second kappa shape index (κ2) is 7.44. The van der Waals surface area contributed by atoms with Crippen molar-refractivity contribution < 1.29 is 9.47 Å². The van der Waals surface area contributed by atoms with Gasteiger partial charge in [0.2, 0.25) is 0 Å². The van der Waals surface area contributed by atoms with E-state index < -0.39 is 0 Å². The number of methoxy groups -OCH3 is 1. The van der Waals surface area contributed by atoms with Crippen molar-refractivity contribution in [1.29, 1.82) is 0 Å². The van der Waals surface area contributed by atoms with Crippen molar-refractivity contribution in [2.45, 2.75) is 0 Å². The highest BCUT2D eigenvalue weighted by Crippen LogP contribution is 2.32. The van der Waals surface area contributed by atoms with Crippen molar-refractivity contribution in [3.05, 3.63) is 54.5 Å². The Morgan fingerprint density at radius 2 is 2.12 bits per heavy atom. The van der Waals surface area contributed by atoms with Gasteiger partial charge in [-0.25, -0.2) is 9.97 Å². The zero-order chi connectivity index (χ0) is 16.8. The van der Waals surface area contributed by atoms with Crippen LogP contribution in [-0.4, -0.2) is 30.3 Å². The Bertz CT molecular complexity index is 887. The summed E-state index contributed by atoms with van der Waals surface area (Å²) in [6.07, 6.45) is 8.75. The van der Waals surface area contributed by atoms with Crippen LogP contribution >= 0.6 is 0 Å². The smallest absolute Gasteiger partial charge is 0.145 e. The van der Waals surface area contributed by atoms with E-state index in [2.05, 4.69) is 21.2 Å². The van der Waals surface area contributed by atoms with Crippen molar-refractivity contribution in [3.8, 4) is 18.1 Å². The Morgan fingerprint density at radius 3 is 2.96 bits per heavy atom. The molecule has 0 saturated carbocycles. The van der Waals surface area contributed by atoms with Gasteiger partial charge in [0.1, 0.15) is 18.7 Å². The number of anilines is 2. The highest BCUT2D eigenvalue weighted by atomic mass is 16.5. The van der Waals surface area contributed by atoms with Crippen LogP contribution in [0.1, 0.15) is 5.56 Å². The van der Waals surface area contributed by atoms with E-state index >= 15 is 0 Å². The molecule has 3 rings (SSSR count). The Labute approximate surface area is 140 Å². The van der Waals surface area contributed by atoms with Gasteiger partial charge < -0.3 is 14.8 Å². The molecule has 120 valence electrons. The first-order chi connectivity index (χ1) is 11.8. The quantitative estimate of drug-likeness (QED) is 0.557. The molecular formula is C19H17N3O2. The minimum atomic E-state index is 0.451. The summed E-state index contributed by atoms with van der Waals surface area (Å²) < 4.78 is 10.9. The van der Waals surface area contributed by atoms with Gasteiger partial charge in [-0.3, -0.25) is 0 Å². The summed E-state index contributed by atoms with van der Waals surface area (Å²) in [4.78, 5) is 8.34. The fraction of sp³-hybridized carbons (Fsp3) is 0.158. The predicted molar refractivity (Wildman–Crippen MR) is 94.6 cm³/mol. The Morgan fingerprint density at radius 1 is 1.21 bits per heavy atom. The Balaban J connectivity index is 1.96. The summed E-state index contributed by atoms with van der Waals surface area (Å²) >= 11 is 0. The van der Waals surface area contributed by atoms with Crippen LogP contribution < -0.4 is 10.1 Å². The van der Waals surface area contributed by atoms with Crippen LogP contribution in [0, 0.1) is 12.3 Å². The number of hydrogen-bond acceptors (Lipinski definition) is 5. The number of nitrogens with zero attached hydrogens (tertiary/aromatic N) is 2. The molecular weight excluding hydrogens is 302 g/mol. The topological polar surface area (TPSA) is 56.3 Å². The van der Waals surface area contributed by atoms with Gasteiger partial charge in [-0.05, 0) is 24.3 Å². The van der Waals surface area contributed by atoms with E-state index in [0.29, 0.717) is 19.0 Å². The summed E-state index contributed by atoms with van der Waals surface area (Å²) in [6, 6.07) is 11.5. The largest absolute Gasteiger partial charge is 0.489 e. The van der Waals surface area contributed by atoms with Crippen molar-refractivity contribution in [1.82, 2.24) is 9.97 Å². The van der Waals surface area contributed by atoms with Crippen molar-refractivity contribution in [2.75, 3.05) is 25.6 Å². The number of benzene rings is 2. The molecule has 0 aliphatic carbocycles. The van der Waals surface area contributed by atoms with Gasteiger partial charge in [-0.2, -0.15) is 0 Å². The van der Waals surface area contributed by atoms with Gasteiger partial charge in [0, 0.05) is 36.0 Å². The molecule has 1 aromatic heterocycles. The van der Waals surface area contributed by atoms with E-state index in [1.165, 1.54) is 6.33 Å². The summed E-state index contributed by atoms with van der Waals surface area (Å²) in [5.74, 6) is 3.33. The standard InChI is InChI=1S/C19H17N3O2/c1-3-14-5-4-6-16(9-14)22-18-10-15-12-20-13-21-17(15)11-19(18)24-8-7-23-2/h1,4-6,9-13,22H,7-8H2,2H3. The summed E-state index contributed by atoms with van der Waals surface area (Å²) in [6.45, 7) is 0.958. The maximum atomic E-state index is 5.83. The lowest BCUT2D eigenvalue weighted by molar-refractivity contribution is 0.147.